The summed E-state index contributed by atoms with van der Waals surface area (Å²) in [5, 5.41) is 0.320. The smallest absolute Gasteiger partial charge is 0.191 e. The second kappa shape index (κ2) is 13.3. The van der Waals surface area contributed by atoms with Crippen molar-refractivity contribution in [1.29, 1.82) is 0 Å². The quantitative estimate of drug-likeness (QED) is 0.178. The first kappa shape index (κ1) is 23.0. The Hall–Kier alpha value is -1.04. The molecule has 24 heavy (non-hydrogen) atoms. The molecule has 0 saturated carbocycles. The molecular formula is C22H38OSi. The van der Waals surface area contributed by atoms with Crippen molar-refractivity contribution in [3.63, 3.8) is 0 Å². The predicted molar refractivity (Wildman–Crippen MR) is 112 cm³/mol. The van der Waals surface area contributed by atoms with Gasteiger partial charge in [0.05, 0.1) is 0 Å². The van der Waals surface area contributed by atoms with Crippen LogP contribution in [0.2, 0.25) is 18.1 Å². The van der Waals surface area contributed by atoms with Gasteiger partial charge in [-0.05, 0) is 56.0 Å². The zero-order valence-electron chi connectivity index (χ0n) is 16.8. The minimum Gasteiger partial charge on any atom is -0.417 e. The van der Waals surface area contributed by atoms with E-state index < -0.39 is 8.32 Å². The molecule has 0 aliphatic rings. The third-order valence-corrected chi connectivity index (χ3v) is 9.02. The lowest BCUT2D eigenvalue weighted by Gasteiger charge is -2.36. The lowest BCUT2D eigenvalue weighted by Crippen LogP contribution is -2.40. The van der Waals surface area contributed by atoms with E-state index >= 15 is 0 Å². The molecule has 0 radical (unpaired) electrons. The molecule has 0 atom stereocenters. The number of rotatable bonds is 10. The van der Waals surface area contributed by atoms with Crippen LogP contribution in [0.25, 0.3) is 0 Å². The molecule has 0 saturated heterocycles. The van der Waals surface area contributed by atoms with Gasteiger partial charge >= 0.3 is 0 Å². The lowest BCUT2D eigenvalue weighted by molar-refractivity contribution is 0.277. The summed E-state index contributed by atoms with van der Waals surface area (Å²) in [5.41, 5.74) is 0. The standard InChI is InChI=1S/C22H38OSi/c1-7-8-9-10-11-12-13-14-15-16-17-18-19-20-21-23-24(5,6)22(2,3)4/h8-11,14-15H,7,16-21H2,1-6H3/b9-8-,11-10+,15-14+. The van der Waals surface area contributed by atoms with E-state index in [9.17, 15) is 0 Å². The Morgan fingerprint density at radius 1 is 0.875 bits per heavy atom. The van der Waals surface area contributed by atoms with Crippen molar-refractivity contribution in [3.05, 3.63) is 36.5 Å². The van der Waals surface area contributed by atoms with Gasteiger partial charge in [0.2, 0.25) is 0 Å². The van der Waals surface area contributed by atoms with Crippen molar-refractivity contribution in [3.8, 4) is 11.8 Å². The Bertz CT molecular complexity index is 453. The van der Waals surface area contributed by atoms with Crippen LogP contribution in [0.4, 0.5) is 0 Å². The van der Waals surface area contributed by atoms with E-state index in [4.69, 9.17) is 4.43 Å². The van der Waals surface area contributed by atoms with Gasteiger partial charge in [-0.1, -0.05) is 76.7 Å². The minimum absolute atomic E-state index is 0.320. The topological polar surface area (TPSA) is 9.23 Å². The van der Waals surface area contributed by atoms with Crippen LogP contribution in [-0.2, 0) is 4.43 Å². The van der Waals surface area contributed by atoms with E-state index in [0.29, 0.717) is 5.04 Å². The lowest BCUT2D eigenvalue weighted by atomic mass is 10.1. The SMILES string of the molecule is CC/C=C\C=C\C#C/C=C/CCCCCCO[Si](C)(C)C(C)(C)C. The van der Waals surface area contributed by atoms with Crippen molar-refractivity contribution in [2.45, 2.75) is 84.4 Å². The molecule has 2 heteroatoms. The molecule has 0 spiro atoms. The van der Waals surface area contributed by atoms with Gasteiger partial charge in [-0.15, -0.1) is 0 Å². The molecule has 0 unspecified atom stereocenters. The highest BCUT2D eigenvalue weighted by atomic mass is 28.4. The van der Waals surface area contributed by atoms with Crippen molar-refractivity contribution in [2.75, 3.05) is 6.61 Å². The van der Waals surface area contributed by atoms with Crippen LogP contribution >= 0.6 is 0 Å². The maximum atomic E-state index is 6.20. The molecule has 0 amide bonds. The Morgan fingerprint density at radius 3 is 2.21 bits per heavy atom. The maximum absolute atomic E-state index is 6.20. The van der Waals surface area contributed by atoms with Gasteiger partial charge in [0, 0.05) is 6.61 Å². The van der Waals surface area contributed by atoms with Crippen LogP contribution in [0.1, 0.15) is 66.2 Å². The van der Waals surface area contributed by atoms with E-state index in [1.807, 2.05) is 24.3 Å². The normalized spacial score (nSPS) is 13.1. The van der Waals surface area contributed by atoms with Crippen LogP contribution in [0, 0.1) is 11.8 Å². The maximum Gasteiger partial charge on any atom is 0.191 e. The molecule has 0 aromatic rings. The fourth-order valence-corrected chi connectivity index (χ4v) is 2.91. The van der Waals surface area contributed by atoms with Gasteiger partial charge in [0.25, 0.3) is 0 Å². The molecule has 0 aliphatic carbocycles. The molecule has 0 aromatic carbocycles. The van der Waals surface area contributed by atoms with E-state index in [-0.39, 0.29) is 0 Å². The van der Waals surface area contributed by atoms with Gasteiger partial charge in [-0.3, -0.25) is 0 Å². The van der Waals surface area contributed by atoms with Crippen molar-refractivity contribution in [1.82, 2.24) is 0 Å². The van der Waals surface area contributed by atoms with Gasteiger partial charge < -0.3 is 4.43 Å². The highest BCUT2D eigenvalue weighted by molar-refractivity contribution is 6.74. The zero-order chi connectivity index (χ0) is 18.3. The Labute approximate surface area is 152 Å². The average Bonchev–Trinajstić information content (AvgIpc) is 2.50. The second-order valence-corrected chi connectivity index (χ2v) is 12.5. The summed E-state index contributed by atoms with van der Waals surface area (Å²) in [6, 6.07) is 0. The first-order valence-electron chi connectivity index (χ1n) is 9.43. The zero-order valence-corrected chi connectivity index (χ0v) is 17.8. The first-order valence-corrected chi connectivity index (χ1v) is 12.3. The number of hydrogen-bond donors (Lipinski definition) is 0. The summed E-state index contributed by atoms with van der Waals surface area (Å²) >= 11 is 0. The molecule has 136 valence electrons. The Morgan fingerprint density at radius 2 is 1.54 bits per heavy atom. The molecule has 0 aromatic heterocycles. The summed E-state index contributed by atoms with van der Waals surface area (Å²) < 4.78 is 6.20. The minimum atomic E-state index is -1.55. The molecule has 0 heterocycles. The first-order chi connectivity index (χ1) is 11.3. The average molecular weight is 347 g/mol. The van der Waals surface area contributed by atoms with Crippen LogP contribution < -0.4 is 0 Å². The van der Waals surface area contributed by atoms with Crippen LogP contribution in [0.15, 0.2) is 36.5 Å². The summed E-state index contributed by atoms with van der Waals surface area (Å²) in [7, 11) is -1.55. The van der Waals surface area contributed by atoms with Crippen LogP contribution in [0.5, 0.6) is 0 Å². The monoisotopic (exact) mass is 346 g/mol. The summed E-state index contributed by atoms with van der Waals surface area (Å²) in [6.45, 7) is 14.6. The molecule has 0 bridgehead atoms. The highest BCUT2D eigenvalue weighted by Gasteiger charge is 2.36. The van der Waals surface area contributed by atoms with Crippen LogP contribution in [0.3, 0.4) is 0 Å². The highest BCUT2D eigenvalue weighted by Crippen LogP contribution is 2.36. The van der Waals surface area contributed by atoms with Gasteiger partial charge in [-0.25, -0.2) is 0 Å². The molecule has 0 rings (SSSR count). The van der Waals surface area contributed by atoms with Crippen LogP contribution in [-0.4, -0.2) is 14.9 Å². The van der Waals surface area contributed by atoms with Crippen molar-refractivity contribution < 1.29 is 4.43 Å². The molecular weight excluding hydrogens is 308 g/mol. The van der Waals surface area contributed by atoms with Gasteiger partial charge in [-0.2, -0.15) is 0 Å². The largest absolute Gasteiger partial charge is 0.417 e. The third-order valence-electron chi connectivity index (χ3n) is 4.48. The molecule has 0 aliphatic heterocycles. The fraction of sp³-hybridized carbons (Fsp3) is 0.636. The molecule has 0 fully saturated rings. The number of hydrogen-bond acceptors (Lipinski definition) is 1. The number of unbranched alkanes of at least 4 members (excludes halogenated alkanes) is 4. The molecule has 1 nitrogen and oxygen atoms in total. The van der Waals surface area contributed by atoms with Crippen molar-refractivity contribution in [2.24, 2.45) is 0 Å². The van der Waals surface area contributed by atoms with Crippen molar-refractivity contribution >= 4 is 8.32 Å². The number of allylic oxidation sites excluding steroid dienone is 6. The summed E-state index contributed by atoms with van der Waals surface area (Å²) in [4.78, 5) is 0. The molecule has 0 N–H and O–H groups in total. The third kappa shape index (κ3) is 12.4. The predicted octanol–water partition coefficient (Wildman–Crippen LogP) is 7.04. The Balaban J connectivity index is 3.62. The van der Waals surface area contributed by atoms with Gasteiger partial charge in [0.15, 0.2) is 8.32 Å². The summed E-state index contributed by atoms with van der Waals surface area (Å²) in [6.07, 6.45) is 19.3. The van der Waals surface area contributed by atoms with E-state index in [0.717, 1.165) is 19.4 Å². The van der Waals surface area contributed by atoms with E-state index in [1.165, 1.54) is 25.7 Å². The fourth-order valence-electron chi connectivity index (χ4n) is 1.82. The van der Waals surface area contributed by atoms with E-state index in [2.05, 4.69) is 64.8 Å². The van der Waals surface area contributed by atoms with Gasteiger partial charge in [0.1, 0.15) is 0 Å². The second-order valence-electron chi connectivity index (χ2n) is 7.70. The summed E-state index contributed by atoms with van der Waals surface area (Å²) in [5.74, 6) is 6.05. The Kier molecular flexibility index (Phi) is 12.7. The van der Waals surface area contributed by atoms with E-state index in [1.54, 1.807) is 0 Å².